The monoisotopic (exact) mass is 478 g/mol. The molecule has 35 heavy (non-hydrogen) atoms. The Bertz CT molecular complexity index is 1060. The molecule has 0 aliphatic heterocycles. The molecule has 2 aliphatic carbocycles. The highest BCUT2D eigenvalue weighted by molar-refractivity contribution is 5.80. The van der Waals surface area contributed by atoms with Gasteiger partial charge in [0.1, 0.15) is 6.61 Å². The van der Waals surface area contributed by atoms with Gasteiger partial charge in [0.25, 0.3) is 0 Å². The van der Waals surface area contributed by atoms with Crippen molar-refractivity contribution in [3.63, 3.8) is 0 Å². The van der Waals surface area contributed by atoms with Crippen LogP contribution in [0.5, 0.6) is 0 Å². The number of carbonyl (C=O) groups is 3. The molecule has 0 saturated heterocycles. The highest BCUT2D eigenvalue weighted by atomic mass is 16.5. The summed E-state index contributed by atoms with van der Waals surface area (Å²) in [5.74, 6) is -0.862. The first-order valence-electron chi connectivity index (χ1n) is 12.2. The van der Waals surface area contributed by atoms with Crippen molar-refractivity contribution < 1.29 is 24.2 Å². The van der Waals surface area contributed by atoms with Gasteiger partial charge >= 0.3 is 12.1 Å². The number of carboxylic acids is 1. The van der Waals surface area contributed by atoms with Crippen LogP contribution < -0.4 is 10.6 Å². The summed E-state index contributed by atoms with van der Waals surface area (Å²) in [6, 6.07) is 15.9. The van der Waals surface area contributed by atoms with Crippen LogP contribution in [0.1, 0.15) is 63.5 Å². The van der Waals surface area contributed by atoms with E-state index < -0.39 is 18.1 Å². The van der Waals surface area contributed by atoms with Gasteiger partial charge in [-0.3, -0.25) is 9.59 Å². The Labute approximate surface area is 206 Å². The molecule has 1 fully saturated rings. The molecule has 0 heterocycles. The fourth-order valence-corrected chi connectivity index (χ4v) is 5.10. The standard InChI is InChI=1S/C28H34N2O5/c1-28(2,3)24(15-25(31)29-18-12-17(13-18)14-26(32)33)30-27(34)35-16-23-21-10-6-4-8-19(21)20-9-5-7-11-22(20)23/h4-11,17-18,23-24H,12-16H2,1-3H3,(H,29,31)(H,30,34)(H,32,33). The molecule has 0 aromatic heterocycles. The van der Waals surface area contributed by atoms with E-state index in [-0.39, 0.29) is 48.6 Å². The molecule has 1 unspecified atom stereocenters. The van der Waals surface area contributed by atoms with Gasteiger partial charge in [-0.1, -0.05) is 69.3 Å². The number of benzene rings is 2. The lowest BCUT2D eigenvalue weighted by molar-refractivity contribution is -0.139. The molecule has 7 nitrogen and oxygen atoms in total. The lowest BCUT2D eigenvalue weighted by Crippen LogP contribution is -2.50. The molecule has 0 spiro atoms. The number of rotatable bonds is 8. The second-order valence-electron chi connectivity index (χ2n) is 10.8. The van der Waals surface area contributed by atoms with Crippen molar-refractivity contribution >= 4 is 18.0 Å². The number of carboxylic acid groups (broad SMARTS) is 1. The van der Waals surface area contributed by atoms with E-state index >= 15 is 0 Å². The van der Waals surface area contributed by atoms with E-state index in [0.717, 1.165) is 11.1 Å². The zero-order chi connectivity index (χ0) is 25.2. The van der Waals surface area contributed by atoms with Crippen LogP contribution in [0.4, 0.5) is 4.79 Å². The van der Waals surface area contributed by atoms with Gasteiger partial charge in [-0.2, -0.15) is 0 Å². The minimum absolute atomic E-state index is 0.00178. The zero-order valence-electron chi connectivity index (χ0n) is 20.5. The number of hydrogen-bond donors (Lipinski definition) is 3. The average Bonchev–Trinajstić information content (AvgIpc) is 3.08. The number of ether oxygens (including phenoxy) is 1. The van der Waals surface area contributed by atoms with Crippen LogP contribution in [0.25, 0.3) is 11.1 Å². The highest BCUT2D eigenvalue weighted by Crippen LogP contribution is 2.44. The van der Waals surface area contributed by atoms with Gasteiger partial charge in [-0.05, 0) is 46.4 Å². The third kappa shape index (κ3) is 5.84. The first kappa shape index (κ1) is 24.8. The van der Waals surface area contributed by atoms with Crippen molar-refractivity contribution in [3.05, 3.63) is 59.7 Å². The summed E-state index contributed by atoms with van der Waals surface area (Å²) in [6.07, 6.45) is 1.09. The summed E-state index contributed by atoms with van der Waals surface area (Å²) >= 11 is 0. The maximum Gasteiger partial charge on any atom is 0.407 e. The van der Waals surface area contributed by atoms with Crippen LogP contribution in [0.3, 0.4) is 0 Å². The topological polar surface area (TPSA) is 105 Å². The maximum absolute atomic E-state index is 12.8. The Morgan fingerprint density at radius 2 is 1.57 bits per heavy atom. The molecule has 3 N–H and O–H groups in total. The zero-order valence-corrected chi connectivity index (χ0v) is 20.5. The van der Waals surface area contributed by atoms with Crippen LogP contribution in [-0.2, 0) is 14.3 Å². The number of aliphatic carboxylic acids is 1. The summed E-state index contributed by atoms with van der Waals surface area (Å²) < 4.78 is 5.67. The van der Waals surface area contributed by atoms with Gasteiger partial charge in [0.2, 0.25) is 5.91 Å². The third-order valence-corrected chi connectivity index (χ3v) is 7.13. The van der Waals surface area contributed by atoms with Crippen molar-refractivity contribution in [1.82, 2.24) is 10.6 Å². The molecule has 0 bridgehead atoms. The largest absolute Gasteiger partial charge is 0.481 e. The Morgan fingerprint density at radius 3 is 2.11 bits per heavy atom. The predicted molar refractivity (Wildman–Crippen MR) is 133 cm³/mol. The van der Waals surface area contributed by atoms with Gasteiger partial charge in [-0.25, -0.2) is 4.79 Å². The van der Waals surface area contributed by atoms with Crippen molar-refractivity contribution in [3.8, 4) is 11.1 Å². The normalized spacial score (nSPS) is 19.6. The summed E-state index contributed by atoms with van der Waals surface area (Å²) in [7, 11) is 0. The molecule has 2 aromatic rings. The van der Waals surface area contributed by atoms with Gasteiger partial charge in [0.15, 0.2) is 0 Å². The van der Waals surface area contributed by atoms with E-state index in [0.29, 0.717) is 12.8 Å². The molecular weight excluding hydrogens is 444 g/mol. The van der Waals surface area contributed by atoms with Crippen LogP contribution in [0, 0.1) is 11.3 Å². The molecule has 7 heteroatoms. The van der Waals surface area contributed by atoms with Crippen LogP contribution in [0.2, 0.25) is 0 Å². The number of hydrogen-bond acceptors (Lipinski definition) is 4. The quantitative estimate of drug-likeness (QED) is 0.510. The van der Waals surface area contributed by atoms with E-state index in [1.807, 2.05) is 45.0 Å². The third-order valence-electron chi connectivity index (χ3n) is 7.13. The molecule has 2 amide bonds. The van der Waals surface area contributed by atoms with Crippen molar-refractivity contribution in [2.45, 2.75) is 64.5 Å². The average molecular weight is 479 g/mol. The Morgan fingerprint density at radius 1 is 1.00 bits per heavy atom. The second kappa shape index (κ2) is 10.1. The Hall–Kier alpha value is -3.35. The fourth-order valence-electron chi connectivity index (χ4n) is 5.10. The number of fused-ring (bicyclic) bond motifs is 3. The van der Waals surface area contributed by atoms with Crippen LogP contribution in [-0.4, -0.2) is 41.8 Å². The minimum Gasteiger partial charge on any atom is -0.481 e. The van der Waals surface area contributed by atoms with E-state index in [4.69, 9.17) is 9.84 Å². The first-order chi connectivity index (χ1) is 16.6. The molecule has 4 rings (SSSR count). The molecule has 2 aliphatic rings. The maximum atomic E-state index is 12.8. The lowest BCUT2D eigenvalue weighted by Gasteiger charge is -2.36. The van der Waals surface area contributed by atoms with Crippen molar-refractivity contribution in [1.29, 1.82) is 0 Å². The summed E-state index contributed by atoms with van der Waals surface area (Å²) in [5.41, 5.74) is 4.28. The first-order valence-corrected chi connectivity index (χ1v) is 12.2. The fraction of sp³-hybridized carbons (Fsp3) is 0.464. The number of carbonyl (C=O) groups excluding carboxylic acids is 2. The minimum atomic E-state index is -0.806. The molecule has 1 saturated carbocycles. The van der Waals surface area contributed by atoms with E-state index in [9.17, 15) is 14.4 Å². The lowest BCUT2D eigenvalue weighted by atomic mass is 9.78. The number of amides is 2. The molecular formula is C28H34N2O5. The molecule has 1 atom stereocenters. The number of nitrogens with one attached hydrogen (secondary N) is 2. The van der Waals surface area contributed by atoms with Crippen molar-refractivity contribution in [2.75, 3.05) is 6.61 Å². The van der Waals surface area contributed by atoms with Gasteiger partial charge in [0.05, 0.1) is 0 Å². The van der Waals surface area contributed by atoms with E-state index in [1.165, 1.54) is 11.1 Å². The summed E-state index contributed by atoms with van der Waals surface area (Å²) in [5, 5.41) is 14.8. The summed E-state index contributed by atoms with van der Waals surface area (Å²) in [4.78, 5) is 36.2. The predicted octanol–water partition coefficient (Wildman–Crippen LogP) is 4.70. The summed E-state index contributed by atoms with van der Waals surface area (Å²) in [6.45, 7) is 6.14. The number of alkyl carbamates (subject to hydrolysis) is 1. The van der Waals surface area contributed by atoms with E-state index in [2.05, 4.69) is 34.9 Å². The molecule has 186 valence electrons. The highest BCUT2D eigenvalue weighted by Gasteiger charge is 2.35. The van der Waals surface area contributed by atoms with Gasteiger partial charge in [-0.15, -0.1) is 0 Å². The Kier molecular flexibility index (Phi) is 7.15. The van der Waals surface area contributed by atoms with Crippen molar-refractivity contribution in [2.24, 2.45) is 11.3 Å². The van der Waals surface area contributed by atoms with Crippen LogP contribution in [0.15, 0.2) is 48.5 Å². The Balaban J connectivity index is 1.32. The van der Waals surface area contributed by atoms with Gasteiger partial charge in [0, 0.05) is 30.8 Å². The molecule has 2 aromatic carbocycles. The second-order valence-corrected chi connectivity index (χ2v) is 10.8. The van der Waals surface area contributed by atoms with E-state index in [1.54, 1.807) is 0 Å². The molecule has 0 radical (unpaired) electrons. The smallest absolute Gasteiger partial charge is 0.407 e. The van der Waals surface area contributed by atoms with Crippen LogP contribution >= 0.6 is 0 Å². The SMILES string of the molecule is CC(C)(C)C(CC(=O)NC1CC(CC(=O)O)C1)NC(=O)OCC1c2ccccc2-c2ccccc21. The van der Waals surface area contributed by atoms with Gasteiger partial charge < -0.3 is 20.5 Å².